The molecule has 3 aromatic rings. The van der Waals surface area contributed by atoms with E-state index in [-0.39, 0.29) is 47.8 Å². The van der Waals surface area contributed by atoms with Crippen LogP contribution in [0.4, 0.5) is 0 Å². The molecule has 1 aromatic heterocycles. The van der Waals surface area contributed by atoms with Crippen LogP contribution in [0.25, 0.3) is 22.5 Å². The van der Waals surface area contributed by atoms with Crippen molar-refractivity contribution in [2.45, 2.75) is 0 Å². The molecule has 0 unspecified atom stereocenters. The largest absolute Gasteiger partial charge is 1.00 e. The van der Waals surface area contributed by atoms with Crippen LogP contribution in [-0.2, 0) is 10.4 Å². The zero-order valence-electron chi connectivity index (χ0n) is 16.2. The van der Waals surface area contributed by atoms with E-state index in [4.69, 9.17) is 18.9 Å². The Morgan fingerprint density at radius 3 is 2.30 bits per heavy atom. The monoisotopic (exact) mass is 443 g/mol. The Kier molecular flexibility index (Phi) is 6.43. The molecule has 1 aliphatic rings. The average Bonchev–Trinajstić information content (AvgIpc) is 3.35. The van der Waals surface area contributed by atoms with Crippen molar-refractivity contribution in [2.75, 3.05) is 21.0 Å². The molecule has 0 spiro atoms. The van der Waals surface area contributed by atoms with Gasteiger partial charge in [0.05, 0.1) is 14.2 Å². The van der Waals surface area contributed by atoms with E-state index in [0.717, 1.165) is 0 Å². The Labute approximate surface area is 193 Å². The van der Waals surface area contributed by atoms with E-state index in [0.29, 0.717) is 39.8 Å². The molecule has 0 fully saturated rings. The van der Waals surface area contributed by atoms with Gasteiger partial charge >= 0.3 is 29.6 Å². The van der Waals surface area contributed by atoms with Crippen LogP contribution in [0.5, 0.6) is 28.7 Å². The number of H-pyrrole nitrogens is 1. The third kappa shape index (κ3) is 4.32. The van der Waals surface area contributed by atoms with E-state index in [9.17, 15) is 13.0 Å². The van der Waals surface area contributed by atoms with Gasteiger partial charge in [-0.3, -0.25) is 0 Å². The van der Waals surface area contributed by atoms with Crippen molar-refractivity contribution in [3.8, 4) is 51.3 Å². The molecule has 0 amide bonds. The second kappa shape index (κ2) is 8.70. The van der Waals surface area contributed by atoms with Crippen LogP contribution in [-0.4, -0.2) is 49.4 Å². The summed E-state index contributed by atoms with van der Waals surface area (Å²) in [6.45, 7) is 0.0731. The van der Waals surface area contributed by atoms with Gasteiger partial charge in [0.1, 0.15) is 11.4 Å². The molecular formula is C17H14N3NaO8S. The van der Waals surface area contributed by atoms with E-state index in [2.05, 4.69) is 19.6 Å². The van der Waals surface area contributed by atoms with Gasteiger partial charge in [0, 0.05) is 11.1 Å². The summed E-state index contributed by atoms with van der Waals surface area (Å²) < 4.78 is 58.8. The van der Waals surface area contributed by atoms with Crippen LogP contribution in [0.1, 0.15) is 0 Å². The number of ether oxygens (including phenoxy) is 4. The smallest absolute Gasteiger partial charge is 0.716 e. The van der Waals surface area contributed by atoms with E-state index in [1.54, 1.807) is 18.2 Å². The van der Waals surface area contributed by atoms with Crippen LogP contribution in [0.15, 0.2) is 30.3 Å². The van der Waals surface area contributed by atoms with Gasteiger partial charge in [-0.1, -0.05) is 0 Å². The molecule has 30 heavy (non-hydrogen) atoms. The Bertz CT molecular complexity index is 1180. The van der Waals surface area contributed by atoms with Gasteiger partial charge in [0.25, 0.3) is 10.4 Å². The fourth-order valence-corrected chi connectivity index (χ4v) is 3.25. The summed E-state index contributed by atoms with van der Waals surface area (Å²) in [7, 11) is -2.17. The van der Waals surface area contributed by atoms with Crippen molar-refractivity contribution in [1.82, 2.24) is 15.4 Å². The molecule has 1 aliphatic heterocycles. The van der Waals surface area contributed by atoms with Gasteiger partial charge in [-0.2, -0.15) is 15.4 Å². The second-order valence-electron chi connectivity index (χ2n) is 5.79. The molecule has 0 bridgehead atoms. The van der Waals surface area contributed by atoms with E-state index in [1.165, 1.54) is 26.4 Å². The van der Waals surface area contributed by atoms with Crippen molar-refractivity contribution in [3.05, 3.63) is 30.3 Å². The number of nitrogens with one attached hydrogen (secondary N) is 1. The summed E-state index contributed by atoms with van der Waals surface area (Å²) in [5.41, 5.74) is 1.86. The summed E-state index contributed by atoms with van der Waals surface area (Å²) in [5, 5.41) is 10.8. The fraction of sp³-hybridized carbons (Fsp3) is 0.176. The van der Waals surface area contributed by atoms with Crippen LogP contribution >= 0.6 is 0 Å². The molecule has 0 saturated heterocycles. The van der Waals surface area contributed by atoms with E-state index >= 15 is 0 Å². The zero-order valence-corrected chi connectivity index (χ0v) is 19.0. The minimum atomic E-state index is -4.99. The molecule has 0 radical (unpaired) electrons. The quantitative estimate of drug-likeness (QED) is 0.278. The summed E-state index contributed by atoms with van der Waals surface area (Å²) in [5.74, 6) is 1.24. The first-order valence-corrected chi connectivity index (χ1v) is 9.45. The topological polar surface area (TPSA) is 145 Å². The number of fused-ring (bicyclic) bond motifs is 1. The van der Waals surface area contributed by atoms with Crippen LogP contribution in [0, 0.1) is 0 Å². The number of rotatable bonds is 6. The molecule has 1 N–H and O–H groups in total. The van der Waals surface area contributed by atoms with Gasteiger partial charge in [-0.15, -0.1) is 0 Å². The maximum atomic E-state index is 11.0. The van der Waals surface area contributed by atoms with Crippen LogP contribution in [0.2, 0.25) is 0 Å². The summed E-state index contributed by atoms with van der Waals surface area (Å²) in [6.07, 6.45) is 0. The zero-order chi connectivity index (χ0) is 20.6. The summed E-state index contributed by atoms with van der Waals surface area (Å²) >= 11 is 0. The van der Waals surface area contributed by atoms with E-state index in [1.807, 2.05) is 0 Å². The Morgan fingerprint density at radius 2 is 1.63 bits per heavy atom. The molecule has 0 saturated carbocycles. The van der Waals surface area contributed by atoms with E-state index < -0.39 is 10.4 Å². The predicted molar refractivity (Wildman–Crippen MR) is 96.8 cm³/mol. The van der Waals surface area contributed by atoms with Crippen molar-refractivity contribution < 1.29 is 65.7 Å². The third-order valence-electron chi connectivity index (χ3n) is 4.11. The molecule has 13 heteroatoms. The Morgan fingerprint density at radius 1 is 0.967 bits per heavy atom. The average molecular weight is 443 g/mol. The SMILES string of the molecule is COc1ccc(-c2n[nH]nc2-c2cc(OC)c3c(c2)OCO3)cc1OS(=O)(=O)[O-].[Na+]. The van der Waals surface area contributed by atoms with Gasteiger partial charge < -0.3 is 27.7 Å². The van der Waals surface area contributed by atoms with Crippen molar-refractivity contribution in [3.63, 3.8) is 0 Å². The van der Waals surface area contributed by atoms with Crippen molar-refractivity contribution >= 4 is 10.4 Å². The number of benzene rings is 2. The maximum absolute atomic E-state index is 11.0. The standard InChI is InChI=1S/C17H15N3O8S.Na/c1-24-11-4-3-9(5-12(11)28-29(21,22)23)15-16(19-20-18-15)10-6-13(25-2)17-14(7-10)26-8-27-17;/h3-7H,8H2,1-2H3,(H,18,19,20)(H,21,22,23);/q;+1/p-1. The molecular weight excluding hydrogens is 429 g/mol. The van der Waals surface area contributed by atoms with Crippen LogP contribution < -0.4 is 52.7 Å². The van der Waals surface area contributed by atoms with Gasteiger partial charge in [-0.25, -0.2) is 8.42 Å². The fourth-order valence-electron chi connectivity index (χ4n) is 2.90. The van der Waals surface area contributed by atoms with Crippen molar-refractivity contribution in [2.24, 2.45) is 0 Å². The third-order valence-corrected chi connectivity index (χ3v) is 4.49. The van der Waals surface area contributed by atoms with Crippen molar-refractivity contribution in [1.29, 1.82) is 0 Å². The van der Waals surface area contributed by atoms with Gasteiger partial charge in [-0.05, 0) is 30.3 Å². The first-order chi connectivity index (χ1) is 13.9. The minimum absolute atomic E-state index is 0. The molecule has 152 valence electrons. The maximum Gasteiger partial charge on any atom is 1.00 e. The summed E-state index contributed by atoms with van der Waals surface area (Å²) in [6, 6.07) is 7.82. The number of aromatic nitrogens is 3. The molecule has 11 nitrogen and oxygen atoms in total. The second-order valence-corrected chi connectivity index (χ2v) is 6.77. The molecule has 4 rings (SSSR count). The van der Waals surface area contributed by atoms with Gasteiger partial charge in [0.15, 0.2) is 23.0 Å². The molecule has 2 heterocycles. The summed E-state index contributed by atoms with van der Waals surface area (Å²) in [4.78, 5) is 0. The van der Waals surface area contributed by atoms with Gasteiger partial charge in [0.2, 0.25) is 12.5 Å². The van der Waals surface area contributed by atoms with Crippen LogP contribution in [0.3, 0.4) is 0 Å². The predicted octanol–water partition coefficient (Wildman–Crippen LogP) is -1.27. The number of methoxy groups -OCH3 is 2. The Balaban J connectivity index is 0.00000256. The Hall–Kier alpha value is -2.51. The first-order valence-electron chi connectivity index (χ1n) is 8.12. The minimum Gasteiger partial charge on any atom is -0.716 e. The number of nitrogens with zero attached hydrogens (tertiary/aromatic N) is 2. The molecule has 2 aromatic carbocycles. The molecule has 0 atom stereocenters. The molecule has 0 aliphatic carbocycles. The normalized spacial score (nSPS) is 12.2. The number of aromatic amines is 1. The number of hydrogen-bond acceptors (Lipinski definition) is 10. The number of hydrogen-bond donors (Lipinski definition) is 1. The first kappa shape index (κ1) is 22.2.